The lowest BCUT2D eigenvalue weighted by Crippen LogP contribution is -2.69. The number of barbiturate groups is 1. The highest BCUT2D eigenvalue weighted by atomic mass is 16.2. The van der Waals surface area contributed by atoms with Crippen LogP contribution in [0.1, 0.15) is 33.1 Å². The van der Waals surface area contributed by atoms with E-state index in [0.29, 0.717) is 19.4 Å². The standard InChI is InChI=1S/C14H23N3O3/c1-9(2)10(8-16(3)4)17-12(19)14(6-5-7-14)11(18)15-13(17)20/h9-10H,5-8H2,1-4H3,(H,15,18,20). The highest BCUT2D eigenvalue weighted by Crippen LogP contribution is 2.45. The quantitative estimate of drug-likeness (QED) is 0.775. The van der Waals surface area contributed by atoms with Gasteiger partial charge in [-0.1, -0.05) is 20.3 Å². The molecule has 0 aromatic rings. The smallest absolute Gasteiger partial charge is 0.307 e. The molecular weight excluding hydrogens is 258 g/mol. The van der Waals surface area contributed by atoms with Gasteiger partial charge in [-0.3, -0.25) is 19.8 Å². The normalized spacial score (nSPS) is 23.3. The van der Waals surface area contributed by atoms with Crippen molar-refractivity contribution >= 4 is 17.8 Å². The monoisotopic (exact) mass is 281 g/mol. The fraction of sp³-hybridized carbons (Fsp3) is 0.786. The number of urea groups is 1. The van der Waals surface area contributed by atoms with Gasteiger partial charge in [0.15, 0.2) is 0 Å². The fourth-order valence-electron chi connectivity index (χ4n) is 2.93. The Kier molecular flexibility index (Phi) is 3.86. The van der Waals surface area contributed by atoms with Crippen LogP contribution in [0, 0.1) is 11.3 Å². The van der Waals surface area contributed by atoms with Gasteiger partial charge < -0.3 is 4.90 Å². The van der Waals surface area contributed by atoms with Crippen LogP contribution < -0.4 is 5.32 Å². The van der Waals surface area contributed by atoms with Gasteiger partial charge in [0, 0.05) is 6.54 Å². The number of nitrogens with one attached hydrogen (secondary N) is 1. The maximum atomic E-state index is 12.7. The van der Waals surface area contributed by atoms with E-state index in [1.165, 1.54) is 4.90 Å². The number of rotatable bonds is 4. The van der Waals surface area contributed by atoms with Crippen LogP contribution in [0.5, 0.6) is 0 Å². The number of carbonyl (C=O) groups is 3. The van der Waals surface area contributed by atoms with Crippen LogP contribution in [-0.4, -0.2) is 54.3 Å². The van der Waals surface area contributed by atoms with Crippen molar-refractivity contribution in [3.8, 4) is 0 Å². The number of imide groups is 2. The summed E-state index contributed by atoms with van der Waals surface area (Å²) in [6.07, 6.45) is 1.96. The number of amides is 4. The Morgan fingerprint density at radius 2 is 1.85 bits per heavy atom. The zero-order chi connectivity index (χ0) is 15.1. The number of hydrogen-bond donors (Lipinski definition) is 1. The molecule has 4 amide bonds. The third-order valence-corrected chi connectivity index (χ3v) is 4.36. The summed E-state index contributed by atoms with van der Waals surface area (Å²) in [6.45, 7) is 4.57. The summed E-state index contributed by atoms with van der Waals surface area (Å²) in [4.78, 5) is 40.1. The molecule has 2 aliphatic rings. The molecule has 1 saturated heterocycles. The van der Waals surface area contributed by atoms with Crippen LogP contribution >= 0.6 is 0 Å². The second kappa shape index (κ2) is 5.16. The van der Waals surface area contributed by atoms with Crippen LogP contribution in [0.25, 0.3) is 0 Å². The first-order valence-electron chi connectivity index (χ1n) is 7.13. The van der Waals surface area contributed by atoms with Gasteiger partial charge in [-0.15, -0.1) is 0 Å². The molecule has 20 heavy (non-hydrogen) atoms. The fourth-order valence-corrected chi connectivity index (χ4v) is 2.93. The molecule has 1 aliphatic carbocycles. The lowest BCUT2D eigenvalue weighted by atomic mass is 9.66. The van der Waals surface area contributed by atoms with Crippen LogP contribution in [-0.2, 0) is 9.59 Å². The summed E-state index contributed by atoms with van der Waals surface area (Å²) in [6, 6.07) is -0.791. The molecule has 0 aromatic heterocycles. The zero-order valence-electron chi connectivity index (χ0n) is 12.6. The number of hydrogen-bond acceptors (Lipinski definition) is 4. The highest BCUT2D eigenvalue weighted by Gasteiger charge is 2.58. The Morgan fingerprint density at radius 3 is 2.25 bits per heavy atom. The lowest BCUT2D eigenvalue weighted by Gasteiger charge is -2.47. The zero-order valence-corrected chi connectivity index (χ0v) is 12.6. The largest absolute Gasteiger partial charge is 0.331 e. The summed E-state index contributed by atoms with van der Waals surface area (Å²) in [5.41, 5.74) is -0.979. The minimum atomic E-state index is -0.979. The molecule has 1 saturated carbocycles. The number of likely N-dealkylation sites (N-methyl/N-ethyl adjacent to an activating group) is 1. The van der Waals surface area contributed by atoms with Crippen molar-refractivity contribution < 1.29 is 14.4 Å². The summed E-state index contributed by atoms with van der Waals surface area (Å²) in [5.74, 6) is -0.585. The van der Waals surface area contributed by atoms with E-state index in [-0.39, 0.29) is 17.9 Å². The first-order chi connectivity index (χ1) is 9.29. The molecule has 1 heterocycles. The Balaban J connectivity index is 2.30. The molecule has 6 nitrogen and oxygen atoms in total. The van der Waals surface area contributed by atoms with Gasteiger partial charge in [-0.05, 0) is 32.9 Å². The average Bonchev–Trinajstić information content (AvgIpc) is 2.24. The van der Waals surface area contributed by atoms with Crippen LogP contribution in [0.3, 0.4) is 0 Å². The minimum absolute atomic E-state index is 0.137. The molecule has 2 fully saturated rings. The Labute approximate surface area is 119 Å². The maximum absolute atomic E-state index is 12.7. The van der Waals surface area contributed by atoms with Crippen molar-refractivity contribution in [2.45, 2.75) is 39.2 Å². The van der Waals surface area contributed by atoms with E-state index < -0.39 is 17.4 Å². The molecule has 0 aromatic carbocycles. The molecule has 1 N–H and O–H groups in total. The molecule has 1 spiro atoms. The maximum Gasteiger partial charge on any atom is 0.331 e. The summed E-state index contributed by atoms with van der Waals surface area (Å²) in [7, 11) is 3.82. The van der Waals surface area contributed by atoms with E-state index in [2.05, 4.69) is 5.32 Å². The molecule has 0 radical (unpaired) electrons. The Morgan fingerprint density at radius 1 is 1.25 bits per heavy atom. The predicted octanol–water partition coefficient (Wildman–Crippen LogP) is 0.821. The molecular formula is C14H23N3O3. The van der Waals surface area contributed by atoms with E-state index in [1.54, 1.807) is 0 Å². The summed E-state index contributed by atoms with van der Waals surface area (Å²) >= 11 is 0. The van der Waals surface area contributed by atoms with Gasteiger partial charge in [0.1, 0.15) is 5.41 Å². The van der Waals surface area contributed by atoms with E-state index in [0.717, 1.165) is 6.42 Å². The minimum Gasteiger partial charge on any atom is -0.307 e. The van der Waals surface area contributed by atoms with Gasteiger partial charge in [0.05, 0.1) is 6.04 Å². The van der Waals surface area contributed by atoms with Crippen molar-refractivity contribution in [3.63, 3.8) is 0 Å². The van der Waals surface area contributed by atoms with Crippen molar-refractivity contribution in [3.05, 3.63) is 0 Å². The van der Waals surface area contributed by atoms with Gasteiger partial charge in [-0.25, -0.2) is 4.79 Å². The van der Waals surface area contributed by atoms with Crippen molar-refractivity contribution in [2.24, 2.45) is 11.3 Å². The summed E-state index contributed by atoms with van der Waals surface area (Å²) < 4.78 is 0. The van der Waals surface area contributed by atoms with Gasteiger partial charge in [0.2, 0.25) is 11.8 Å². The topological polar surface area (TPSA) is 69.7 Å². The van der Waals surface area contributed by atoms with Gasteiger partial charge in [-0.2, -0.15) is 0 Å². The third-order valence-electron chi connectivity index (χ3n) is 4.36. The van der Waals surface area contributed by atoms with E-state index in [4.69, 9.17) is 0 Å². The lowest BCUT2D eigenvalue weighted by molar-refractivity contribution is -0.160. The molecule has 2 rings (SSSR count). The van der Waals surface area contributed by atoms with E-state index in [1.807, 2.05) is 32.8 Å². The molecule has 6 heteroatoms. The molecule has 0 bridgehead atoms. The van der Waals surface area contributed by atoms with E-state index >= 15 is 0 Å². The highest BCUT2D eigenvalue weighted by molar-refractivity contribution is 6.19. The summed E-state index contributed by atoms with van der Waals surface area (Å²) in [5, 5.41) is 2.37. The predicted molar refractivity (Wildman–Crippen MR) is 73.8 cm³/mol. The van der Waals surface area contributed by atoms with E-state index in [9.17, 15) is 14.4 Å². The molecule has 112 valence electrons. The second-order valence-corrected chi connectivity index (χ2v) is 6.44. The van der Waals surface area contributed by atoms with Crippen LogP contribution in [0.2, 0.25) is 0 Å². The van der Waals surface area contributed by atoms with Gasteiger partial charge in [0.25, 0.3) is 0 Å². The van der Waals surface area contributed by atoms with Crippen LogP contribution in [0.15, 0.2) is 0 Å². The number of carbonyl (C=O) groups excluding carboxylic acids is 3. The SMILES string of the molecule is CC(C)C(CN(C)C)N1C(=O)NC(=O)C2(CCC2)C1=O. The number of nitrogens with zero attached hydrogens (tertiary/aromatic N) is 2. The molecule has 1 aliphatic heterocycles. The van der Waals surface area contributed by atoms with Crippen molar-refractivity contribution in [2.75, 3.05) is 20.6 Å². The Bertz CT molecular complexity index is 441. The average molecular weight is 281 g/mol. The first-order valence-corrected chi connectivity index (χ1v) is 7.13. The Hall–Kier alpha value is -1.43. The third kappa shape index (κ3) is 2.22. The second-order valence-electron chi connectivity index (χ2n) is 6.44. The first kappa shape index (κ1) is 15.0. The van der Waals surface area contributed by atoms with Crippen molar-refractivity contribution in [1.82, 2.24) is 15.1 Å². The van der Waals surface area contributed by atoms with Gasteiger partial charge >= 0.3 is 6.03 Å². The molecule has 1 atom stereocenters. The molecule has 1 unspecified atom stereocenters. The van der Waals surface area contributed by atoms with Crippen LogP contribution in [0.4, 0.5) is 4.79 Å². The van der Waals surface area contributed by atoms with Crippen molar-refractivity contribution in [1.29, 1.82) is 0 Å².